The number of nitrogens with one attached hydrogen (secondary N) is 1. The van der Waals surface area contributed by atoms with Gasteiger partial charge in [-0.3, -0.25) is 10.3 Å². The van der Waals surface area contributed by atoms with Crippen LogP contribution in [0.4, 0.5) is 23.8 Å². The number of alkyl halides is 3. The zero-order valence-electron chi connectivity index (χ0n) is 17.8. The summed E-state index contributed by atoms with van der Waals surface area (Å²) >= 11 is 6.40. The van der Waals surface area contributed by atoms with E-state index in [0.717, 1.165) is 17.7 Å². The van der Waals surface area contributed by atoms with Crippen LogP contribution >= 0.6 is 11.6 Å². The van der Waals surface area contributed by atoms with Crippen LogP contribution in [-0.2, 0) is 6.18 Å². The van der Waals surface area contributed by atoms with Crippen LogP contribution in [0.25, 0.3) is 17.0 Å². The number of amides is 2. The Morgan fingerprint density at radius 2 is 2.06 bits per heavy atom. The zero-order valence-corrected chi connectivity index (χ0v) is 18.6. The summed E-state index contributed by atoms with van der Waals surface area (Å²) in [4.78, 5) is 21.9. The number of urea groups is 1. The Balaban J connectivity index is 1.40. The molecule has 10 nitrogen and oxygen atoms in total. The number of aliphatic hydroxyl groups is 2. The molecule has 3 aromatic rings. The SMILES string of the molecule is O=C(Nc1ccc(C(F)(F)F)cn1)N1CC=C(c2ncc(-c3nnc(C(O)CO)o3)cc2Cl)CC1. The van der Waals surface area contributed by atoms with Gasteiger partial charge < -0.3 is 19.5 Å². The van der Waals surface area contributed by atoms with Crippen LogP contribution in [0.2, 0.25) is 5.02 Å². The minimum atomic E-state index is -4.51. The molecule has 0 radical (unpaired) electrons. The fourth-order valence-corrected chi connectivity index (χ4v) is 3.54. The largest absolute Gasteiger partial charge is 0.418 e. The van der Waals surface area contributed by atoms with E-state index in [1.807, 2.05) is 0 Å². The summed E-state index contributed by atoms with van der Waals surface area (Å²) in [6.07, 6.45) is -1.45. The second kappa shape index (κ2) is 9.98. The predicted octanol–water partition coefficient (Wildman–Crippen LogP) is 3.55. The fraction of sp³-hybridized carbons (Fsp3) is 0.286. The fourth-order valence-electron chi connectivity index (χ4n) is 3.25. The van der Waals surface area contributed by atoms with Crippen molar-refractivity contribution in [2.24, 2.45) is 0 Å². The molecule has 14 heteroatoms. The van der Waals surface area contributed by atoms with Crippen molar-refractivity contribution in [1.29, 1.82) is 0 Å². The van der Waals surface area contributed by atoms with Gasteiger partial charge in [-0.2, -0.15) is 13.2 Å². The molecule has 0 aliphatic carbocycles. The second-order valence-electron chi connectivity index (χ2n) is 7.48. The van der Waals surface area contributed by atoms with Crippen LogP contribution in [0.5, 0.6) is 0 Å². The molecule has 0 saturated heterocycles. The summed E-state index contributed by atoms with van der Waals surface area (Å²) in [5.41, 5.74) is 0.831. The molecule has 0 aromatic carbocycles. The molecule has 3 N–H and O–H groups in total. The minimum Gasteiger partial charge on any atom is -0.418 e. The van der Waals surface area contributed by atoms with Gasteiger partial charge in [0.25, 0.3) is 0 Å². The maximum absolute atomic E-state index is 12.6. The van der Waals surface area contributed by atoms with Gasteiger partial charge in [0.2, 0.25) is 11.8 Å². The van der Waals surface area contributed by atoms with Crippen molar-refractivity contribution in [3.63, 3.8) is 0 Å². The van der Waals surface area contributed by atoms with Gasteiger partial charge in [-0.15, -0.1) is 10.2 Å². The first-order chi connectivity index (χ1) is 16.7. The lowest BCUT2D eigenvalue weighted by Crippen LogP contribution is -2.38. The highest BCUT2D eigenvalue weighted by atomic mass is 35.5. The third-order valence-electron chi connectivity index (χ3n) is 5.11. The Labute approximate surface area is 201 Å². The van der Waals surface area contributed by atoms with Gasteiger partial charge in [0.15, 0.2) is 6.10 Å². The normalized spacial score (nSPS) is 15.0. The highest BCUT2D eigenvalue weighted by Crippen LogP contribution is 2.31. The van der Waals surface area contributed by atoms with Crippen molar-refractivity contribution in [2.75, 3.05) is 25.0 Å². The number of rotatable bonds is 5. The third kappa shape index (κ3) is 5.58. The monoisotopic (exact) mass is 510 g/mol. The molecule has 4 rings (SSSR count). The lowest BCUT2D eigenvalue weighted by Gasteiger charge is -2.26. The standard InChI is InChI=1S/C21H18ClF3N6O4/c22-14-7-12(18-29-30-19(35-18)15(33)10-32)8-27-17(14)11-3-5-31(6-4-11)20(34)28-16-2-1-13(9-26-16)21(23,24)25/h1-3,7-9,15,32-33H,4-6,10H2,(H,26,28,34). The van der Waals surface area contributed by atoms with E-state index in [1.54, 1.807) is 12.1 Å². The predicted molar refractivity (Wildman–Crippen MR) is 117 cm³/mol. The minimum absolute atomic E-state index is 0.00812. The van der Waals surface area contributed by atoms with Gasteiger partial charge in [-0.05, 0) is 30.2 Å². The molecule has 1 aliphatic heterocycles. The molecule has 1 aliphatic rings. The summed E-state index contributed by atoms with van der Waals surface area (Å²) < 4.78 is 43.3. The second-order valence-corrected chi connectivity index (χ2v) is 7.89. The Bertz CT molecular complexity index is 1250. The van der Waals surface area contributed by atoms with Crippen LogP contribution < -0.4 is 5.32 Å². The molecule has 1 atom stereocenters. The molecule has 0 spiro atoms. The van der Waals surface area contributed by atoms with Crippen molar-refractivity contribution in [1.82, 2.24) is 25.1 Å². The number of carbonyl (C=O) groups excluding carboxylic acids is 1. The molecule has 35 heavy (non-hydrogen) atoms. The van der Waals surface area contributed by atoms with Crippen LogP contribution in [0.1, 0.15) is 29.7 Å². The Hall–Kier alpha value is -3.55. The first-order valence-electron chi connectivity index (χ1n) is 10.2. The Morgan fingerprint density at radius 3 is 2.66 bits per heavy atom. The molecule has 4 heterocycles. The molecule has 3 aromatic heterocycles. The van der Waals surface area contributed by atoms with Gasteiger partial charge in [0.1, 0.15) is 5.82 Å². The lowest BCUT2D eigenvalue weighted by atomic mass is 10.0. The lowest BCUT2D eigenvalue weighted by molar-refractivity contribution is -0.137. The van der Waals surface area contributed by atoms with E-state index in [1.165, 1.54) is 11.1 Å². The summed E-state index contributed by atoms with van der Waals surface area (Å²) in [7, 11) is 0. The van der Waals surface area contributed by atoms with E-state index in [-0.39, 0.29) is 24.1 Å². The molecular weight excluding hydrogens is 493 g/mol. The van der Waals surface area contributed by atoms with E-state index in [0.29, 0.717) is 35.4 Å². The van der Waals surface area contributed by atoms with Crippen LogP contribution in [0.15, 0.2) is 41.1 Å². The number of carbonyl (C=O) groups is 1. The summed E-state index contributed by atoms with van der Waals surface area (Å²) in [5.74, 6) is -0.0536. The number of halogens is 4. The molecule has 0 fully saturated rings. The maximum Gasteiger partial charge on any atom is 0.417 e. The van der Waals surface area contributed by atoms with Crippen molar-refractivity contribution < 1.29 is 32.6 Å². The highest BCUT2D eigenvalue weighted by Gasteiger charge is 2.31. The maximum atomic E-state index is 12.6. The first-order valence-corrected chi connectivity index (χ1v) is 10.6. The summed E-state index contributed by atoms with van der Waals surface area (Å²) in [5, 5.41) is 28.8. The summed E-state index contributed by atoms with van der Waals surface area (Å²) in [6.45, 7) is -0.0125. The first kappa shape index (κ1) is 24.6. The van der Waals surface area contributed by atoms with E-state index in [2.05, 4.69) is 25.5 Å². The number of pyridine rings is 2. The van der Waals surface area contributed by atoms with Crippen LogP contribution in [0, 0.1) is 0 Å². The van der Waals surface area contributed by atoms with E-state index < -0.39 is 30.5 Å². The van der Waals surface area contributed by atoms with E-state index >= 15 is 0 Å². The number of aromatic nitrogens is 4. The zero-order chi connectivity index (χ0) is 25.2. The Kier molecular flexibility index (Phi) is 7.00. The van der Waals surface area contributed by atoms with Crippen molar-refractivity contribution >= 4 is 29.0 Å². The molecular formula is C21H18ClF3N6O4. The average Bonchev–Trinajstić information content (AvgIpc) is 3.34. The molecule has 0 saturated carbocycles. The van der Waals surface area contributed by atoms with Crippen LogP contribution in [-0.4, -0.2) is 61.0 Å². The number of anilines is 1. The van der Waals surface area contributed by atoms with Gasteiger partial charge in [0, 0.05) is 25.5 Å². The highest BCUT2D eigenvalue weighted by molar-refractivity contribution is 6.32. The van der Waals surface area contributed by atoms with E-state index in [9.17, 15) is 23.1 Å². The molecule has 2 amide bonds. The number of hydrogen-bond acceptors (Lipinski definition) is 8. The topological polar surface area (TPSA) is 138 Å². The summed E-state index contributed by atoms with van der Waals surface area (Å²) in [6, 6.07) is 3.01. The number of nitrogens with zero attached hydrogens (tertiary/aromatic N) is 5. The number of hydrogen-bond donors (Lipinski definition) is 3. The van der Waals surface area contributed by atoms with Crippen LogP contribution in [0.3, 0.4) is 0 Å². The third-order valence-corrected chi connectivity index (χ3v) is 5.40. The molecule has 0 bridgehead atoms. The van der Waals surface area contributed by atoms with Crippen molar-refractivity contribution in [3.05, 3.63) is 58.8 Å². The van der Waals surface area contributed by atoms with Crippen molar-refractivity contribution in [3.8, 4) is 11.5 Å². The van der Waals surface area contributed by atoms with Gasteiger partial charge >= 0.3 is 12.2 Å². The number of aliphatic hydroxyl groups excluding tert-OH is 2. The van der Waals surface area contributed by atoms with E-state index in [4.69, 9.17) is 21.1 Å². The quantitative estimate of drug-likeness (QED) is 0.474. The molecule has 1 unspecified atom stereocenters. The van der Waals surface area contributed by atoms with Gasteiger partial charge in [-0.25, -0.2) is 9.78 Å². The van der Waals surface area contributed by atoms with Crippen molar-refractivity contribution in [2.45, 2.75) is 18.7 Å². The van der Waals surface area contributed by atoms with Gasteiger partial charge in [0.05, 0.1) is 28.5 Å². The molecule has 184 valence electrons. The smallest absolute Gasteiger partial charge is 0.417 e. The van der Waals surface area contributed by atoms with Gasteiger partial charge in [-0.1, -0.05) is 17.7 Å². The average molecular weight is 511 g/mol. The Morgan fingerprint density at radius 1 is 1.26 bits per heavy atom.